The summed E-state index contributed by atoms with van der Waals surface area (Å²) in [5.41, 5.74) is 6.63. The SMILES string of the molecule is CC(N)C(C)(C)c1ccc(I)c(F)c1. The second-order valence-corrected chi connectivity index (χ2v) is 5.30. The first-order valence-corrected chi connectivity index (χ1v) is 5.64. The molecule has 0 saturated carbocycles. The highest BCUT2D eigenvalue weighted by Crippen LogP contribution is 2.27. The Labute approximate surface area is 98.0 Å². The summed E-state index contributed by atoms with van der Waals surface area (Å²) in [6, 6.07) is 5.30. The predicted octanol–water partition coefficient (Wildman–Crippen LogP) is 3.06. The number of hydrogen-bond acceptors (Lipinski definition) is 1. The zero-order chi connectivity index (χ0) is 10.9. The summed E-state index contributed by atoms with van der Waals surface area (Å²) < 4.78 is 14.0. The van der Waals surface area contributed by atoms with E-state index in [1.165, 1.54) is 0 Å². The molecule has 78 valence electrons. The van der Waals surface area contributed by atoms with Crippen LogP contribution in [0.25, 0.3) is 0 Å². The molecule has 0 bridgehead atoms. The Kier molecular flexibility index (Phi) is 3.53. The Morgan fingerprint density at radius 2 is 2.00 bits per heavy atom. The number of nitrogens with two attached hydrogens (primary N) is 1. The molecular weight excluding hydrogens is 292 g/mol. The number of benzene rings is 1. The molecular formula is C11H15FIN. The van der Waals surface area contributed by atoms with Crippen molar-refractivity contribution in [1.82, 2.24) is 0 Å². The first kappa shape index (κ1) is 11.9. The van der Waals surface area contributed by atoms with E-state index >= 15 is 0 Å². The number of halogens is 2. The quantitative estimate of drug-likeness (QED) is 0.835. The van der Waals surface area contributed by atoms with Gasteiger partial charge >= 0.3 is 0 Å². The standard InChI is InChI=1S/C11H15FIN/c1-7(14)11(2,3)8-4-5-10(13)9(12)6-8/h4-7H,14H2,1-3H3. The minimum absolute atomic E-state index is 0.00182. The van der Waals surface area contributed by atoms with Gasteiger partial charge in [0.2, 0.25) is 0 Å². The number of hydrogen-bond donors (Lipinski definition) is 1. The second-order valence-electron chi connectivity index (χ2n) is 4.14. The van der Waals surface area contributed by atoms with E-state index in [0.717, 1.165) is 5.56 Å². The molecule has 3 heteroatoms. The molecule has 1 unspecified atom stereocenters. The summed E-state index contributed by atoms with van der Waals surface area (Å²) >= 11 is 1.98. The van der Waals surface area contributed by atoms with E-state index in [2.05, 4.69) is 0 Å². The molecule has 0 spiro atoms. The minimum atomic E-state index is -0.189. The maximum Gasteiger partial charge on any atom is 0.136 e. The van der Waals surface area contributed by atoms with E-state index in [4.69, 9.17) is 5.73 Å². The highest BCUT2D eigenvalue weighted by molar-refractivity contribution is 14.1. The van der Waals surface area contributed by atoms with Crippen LogP contribution in [0.1, 0.15) is 26.3 Å². The van der Waals surface area contributed by atoms with E-state index < -0.39 is 0 Å². The van der Waals surface area contributed by atoms with Gasteiger partial charge in [-0.2, -0.15) is 0 Å². The molecule has 0 aliphatic carbocycles. The van der Waals surface area contributed by atoms with Crippen molar-refractivity contribution >= 4 is 22.6 Å². The predicted molar refractivity (Wildman–Crippen MR) is 65.8 cm³/mol. The topological polar surface area (TPSA) is 26.0 Å². The van der Waals surface area contributed by atoms with Gasteiger partial charge in [0.05, 0.1) is 0 Å². The largest absolute Gasteiger partial charge is 0.327 e. The van der Waals surface area contributed by atoms with E-state index in [1.807, 2.05) is 49.4 Å². The van der Waals surface area contributed by atoms with Gasteiger partial charge in [-0.1, -0.05) is 19.9 Å². The van der Waals surface area contributed by atoms with Gasteiger partial charge in [0, 0.05) is 15.0 Å². The van der Waals surface area contributed by atoms with E-state index in [0.29, 0.717) is 3.57 Å². The van der Waals surface area contributed by atoms with Crippen LogP contribution in [0.2, 0.25) is 0 Å². The molecule has 1 atom stereocenters. The van der Waals surface area contributed by atoms with Gasteiger partial charge in [0.25, 0.3) is 0 Å². The maximum atomic E-state index is 13.3. The zero-order valence-corrected chi connectivity index (χ0v) is 10.8. The molecule has 0 heterocycles. The smallest absolute Gasteiger partial charge is 0.136 e. The lowest BCUT2D eigenvalue weighted by Gasteiger charge is -2.29. The lowest BCUT2D eigenvalue weighted by molar-refractivity contribution is 0.431. The molecule has 14 heavy (non-hydrogen) atoms. The van der Waals surface area contributed by atoms with E-state index in [9.17, 15) is 4.39 Å². The Balaban J connectivity index is 3.14. The Morgan fingerprint density at radius 3 is 2.43 bits per heavy atom. The van der Waals surface area contributed by atoms with E-state index in [-0.39, 0.29) is 17.3 Å². The summed E-state index contributed by atoms with van der Waals surface area (Å²) in [6.07, 6.45) is 0. The second kappa shape index (κ2) is 4.14. The molecule has 0 aliphatic rings. The molecule has 1 nitrogen and oxygen atoms in total. The normalized spacial score (nSPS) is 14.1. The van der Waals surface area contributed by atoms with Gasteiger partial charge in [0.1, 0.15) is 5.82 Å². The lowest BCUT2D eigenvalue weighted by atomic mass is 9.79. The maximum absolute atomic E-state index is 13.3. The lowest BCUT2D eigenvalue weighted by Crippen LogP contribution is -2.38. The molecule has 2 N–H and O–H groups in total. The molecule has 0 saturated heterocycles. The minimum Gasteiger partial charge on any atom is -0.327 e. The van der Waals surface area contributed by atoms with Gasteiger partial charge < -0.3 is 5.73 Å². The van der Waals surface area contributed by atoms with Gasteiger partial charge in [-0.25, -0.2) is 4.39 Å². The van der Waals surface area contributed by atoms with Crippen LogP contribution in [-0.2, 0) is 5.41 Å². The molecule has 1 aromatic carbocycles. The fraction of sp³-hybridized carbons (Fsp3) is 0.455. The van der Waals surface area contributed by atoms with Crippen molar-refractivity contribution in [3.05, 3.63) is 33.1 Å². The Hall–Kier alpha value is -0.160. The molecule has 0 fully saturated rings. The molecule has 0 amide bonds. The Morgan fingerprint density at radius 1 is 1.43 bits per heavy atom. The Bertz CT molecular complexity index is 334. The third kappa shape index (κ3) is 2.25. The summed E-state index contributed by atoms with van der Waals surface area (Å²) in [5, 5.41) is 0. The van der Waals surface area contributed by atoms with Crippen LogP contribution in [0.3, 0.4) is 0 Å². The molecule has 1 aromatic rings. The first-order chi connectivity index (χ1) is 6.35. The van der Waals surface area contributed by atoms with Crippen molar-refractivity contribution in [1.29, 1.82) is 0 Å². The number of rotatable bonds is 2. The van der Waals surface area contributed by atoms with Crippen molar-refractivity contribution in [3.63, 3.8) is 0 Å². The van der Waals surface area contributed by atoms with Gasteiger partial charge in [-0.3, -0.25) is 0 Å². The highest BCUT2D eigenvalue weighted by Gasteiger charge is 2.25. The van der Waals surface area contributed by atoms with E-state index in [1.54, 1.807) is 12.1 Å². The molecule has 1 rings (SSSR count). The fourth-order valence-corrected chi connectivity index (χ4v) is 1.50. The fourth-order valence-electron chi connectivity index (χ4n) is 1.16. The van der Waals surface area contributed by atoms with Crippen LogP contribution in [0, 0.1) is 9.39 Å². The molecule has 0 aromatic heterocycles. The third-order valence-electron chi connectivity index (χ3n) is 2.80. The summed E-state index contributed by atoms with van der Waals surface area (Å²) in [4.78, 5) is 0. The summed E-state index contributed by atoms with van der Waals surface area (Å²) in [5.74, 6) is -0.170. The van der Waals surface area contributed by atoms with Crippen LogP contribution in [0.4, 0.5) is 4.39 Å². The van der Waals surface area contributed by atoms with Crippen LogP contribution < -0.4 is 5.73 Å². The molecule has 0 aliphatic heterocycles. The summed E-state index contributed by atoms with van der Waals surface area (Å²) in [6.45, 7) is 5.99. The van der Waals surface area contributed by atoms with Crippen LogP contribution in [0.5, 0.6) is 0 Å². The van der Waals surface area contributed by atoms with Crippen molar-refractivity contribution < 1.29 is 4.39 Å². The van der Waals surface area contributed by atoms with Gasteiger partial charge in [0.15, 0.2) is 0 Å². The van der Waals surface area contributed by atoms with Crippen molar-refractivity contribution in [2.45, 2.75) is 32.2 Å². The van der Waals surface area contributed by atoms with Gasteiger partial charge in [-0.15, -0.1) is 0 Å². The van der Waals surface area contributed by atoms with Crippen LogP contribution >= 0.6 is 22.6 Å². The van der Waals surface area contributed by atoms with Crippen molar-refractivity contribution in [2.24, 2.45) is 5.73 Å². The highest BCUT2D eigenvalue weighted by atomic mass is 127. The van der Waals surface area contributed by atoms with Gasteiger partial charge in [-0.05, 0) is 47.2 Å². The zero-order valence-electron chi connectivity index (χ0n) is 8.64. The molecule has 0 radical (unpaired) electrons. The monoisotopic (exact) mass is 307 g/mol. The third-order valence-corrected chi connectivity index (χ3v) is 3.68. The van der Waals surface area contributed by atoms with Crippen molar-refractivity contribution in [3.8, 4) is 0 Å². The van der Waals surface area contributed by atoms with Crippen LogP contribution in [-0.4, -0.2) is 6.04 Å². The van der Waals surface area contributed by atoms with Crippen molar-refractivity contribution in [2.75, 3.05) is 0 Å². The summed E-state index contributed by atoms with van der Waals surface area (Å²) in [7, 11) is 0. The average Bonchev–Trinajstić information content (AvgIpc) is 2.09. The first-order valence-electron chi connectivity index (χ1n) is 4.57. The van der Waals surface area contributed by atoms with Crippen LogP contribution in [0.15, 0.2) is 18.2 Å². The average molecular weight is 307 g/mol.